The minimum absolute atomic E-state index is 0.0321. The standard InChI is InChI=1S/C11H16BrN3O/c1-8-5-9(15(2)14-8)10(16)13-7-11(6-12)3-4-11/h5H,3-4,6-7H2,1-2H3,(H,13,16). The molecule has 1 N–H and O–H groups in total. The number of alkyl halides is 1. The summed E-state index contributed by atoms with van der Waals surface area (Å²) in [6.07, 6.45) is 2.39. The highest BCUT2D eigenvalue weighted by molar-refractivity contribution is 9.09. The van der Waals surface area contributed by atoms with E-state index < -0.39 is 0 Å². The lowest BCUT2D eigenvalue weighted by Gasteiger charge is -2.12. The van der Waals surface area contributed by atoms with Crippen LogP contribution in [0.25, 0.3) is 0 Å². The molecule has 1 aromatic rings. The number of rotatable bonds is 4. The van der Waals surface area contributed by atoms with Gasteiger partial charge in [-0.25, -0.2) is 0 Å². The van der Waals surface area contributed by atoms with E-state index >= 15 is 0 Å². The van der Waals surface area contributed by atoms with Gasteiger partial charge >= 0.3 is 0 Å². The summed E-state index contributed by atoms with van der Waals surface area (Å²) < 4.78 is 1.62. The molecule has 1 amide bonds. The molecule has 2 rings (SSSR count). The lowest BCUT2D eigenvalue weighted by atomic mass is 10.1. The molecule has 0 radical (unpaired) electrons. The van der Waals surface area contributed by atoms with Crippen LogP contribution in [-0.2, 0) is 7.05 Å². The van der Waals surface area contributed by atoms with E-state index in [0.29, 0.717) is 11.1 Å². The molecule has 0 aliphatic heterocycles. The summed E-state index contributed by atoms with van der Waals surface area (Å²) in [7, 11) is 1.79. The lowest BCUT2D eigenvalue weighted by Crippen LogP contribution is -2.32. The van der Waals surface area contributed by atoms with Crippen LogP contribution in [0.2, 0.25) is 0 Å². The molecule has 1 heterocycles. The molecule has 0 atom stereocenters. The third-order valence-corrected chi connectivity index (χ3v) is 4.29. The van der Waals surface area contributed by atoms with Crippen LogP contribution in [0.4, 0.5) is 0 Å². The molecule has 16 heavy (non-hydrogen) atoms. The molecule has 5 heteroatoms. The second kappa shape index (κ2) is 4.20. The Balaban J connectivity index is 1.96. The van der Waals surface area contributed by atoms with E-state index in [1.54, 1.807) is 11.7 Å². The van der Waals surface area contributed by atoms with Crippen LogP contribution in [0, 0.1) is 12.3 Å². The summed E-state index contributed by atoms with van der Waals surface area (Å²) in [5.74, 6) is -0.0321. The van der Waals surface area contributed by atoms with Crippen LogP contribution >= 0.6 is 15.9 Å². The SMILES string of the molecule is Cc1cc(C(=O)NCC2(CBr)CC2)n(C)n1. The molecule has 0 saturated heterocycles. The number of aromatic nitrogens is 2. The van der Waals surface area contributed by atoms with Crippen molar-refractivity contribution in [2.45, 2.75) is 19.8 Å². The van der Waals surface area contributed by atoms with E-state index in [4.69, 9.17) is 0 Å². The van der Waals surface area contributed by atoms with Crippen LogP contribution < -0.4 is 5.32 Å². The van der Waals surface area contributed by atoms with Gasteiger partial charge < -0.3 is 5.32 Å². The van der Waals surface area contributed by atoms with Crippen molar-refractivity contribution >= 4 is 21.8 Å². The fraction of sp³-hybridized carbons (Fsp3) is 0.636. The second-order valence-corrected chi connectivity index (χ2v) is 5.17. The minimum atomic E-state index is -0.0321. The predicted molar refractivity (Wildman–Crippen MR) is 65.7 cm³/mol. The molecule has 1 saturated carbocycles. The maximum atomic E-state index is 11.9. The van der Waals surface area contributed by atoms with E-state index in [0.717, 1.165) is 17.6 Å². The maximum absolute atomic E-state index is 11.9. The summed E-state index contributed by atoms with van der Waals surface area (Å²) in [6.45, 7) is 2.64. The van der Waals surface area contributed by atoms with Crippen molar-refractivity contribution in [3.8, 4) is 0 Å². The summed E-state index contributed by atoms with van der Waals surface area (Å²) in [5, 5.41) is 8.10. The lowest BCUT2D eigenvalue weighted by molar-refractivity contribution is 0.0937. The molecule has 4 nitrogen and oxygen atoms in total. The number of nitrogens with zero attached hydrogens (tertiary/aromatic N) is 2. The summed E-state index contributed by atoms with van der Waals surface area (Å²) >= 11 is 3.49. The van der Waals surface area contributed by atoms with E-state index in [2.05, 4.69) is 26.3 Å². The zero-order valence-corrected chi connectivity index (χ0v) is 11.2. The van der Waals surface area contributed by atoms with Crippen LogP contribution in [0.5, 0.6) is 0 Å². The van der Waals surface area contributed by atoms with Crippen molar-refractivity contribution in [3.05, 3.63) is 17.5 Å². The van der Waals surface area contributed by atoms with Gasteiger partial charge in [0.15, 0.2) is 0 Å². The number of nitrogens with one attached hydrogen (secondary N) is 1. The van der Waals surface area contributed by atoms with Crippen LogP contribution in [0.15, 0.2) is 6.07 Å². The van der Waals surface area contributed by atoms with Crippen LogP contribution in [0.1, 0.15) is 29.0 Å². The smallest absolute Gasteiger partial charge is 0.269 e. The normalized spacial score (nSPS) is 17.2. The van der Waals surface area contributed by atoms with Crippen LogP contribution in [0.3, 0.4) is 0 Å². The second-order valence-electron chi connectivity index (χ2n) is 4.61. The molecular formula is C11H16BrN3O. The summed E-state index contributed by atoms with van der Waals surface area (Å²) in [6, 6.07) is 1.81. The number of carbonyl (C=O) groups is 1. The molecular weight excluding hydrogens is 270 g/mol. The Hall–Kier alpha value is -0.840. The van der Waals surface area contributed by atoms with Crippen molar-refractivity contribution in [2.75, 3.05) is 11.9 Å². The molecule has 88 valence electrons. The van der Waals surface area contributed by atoms with Gasteiger partial charge in [-0.05, 0) is 31.2 Å². The Morgan fingerprint density at radius 1 is 1.69 bits per heavy atom. The van der Waals surface area contributed by atoms with Gasteiger partial charge in [-0.1, -0.05) is 15.9 Å². The first-order chi connectivity index (χ1) is 7.56. The van der Waals surface area contributed by atoms with Crippen molar-refractivity contribution in [3.63, 3.8) is 0 Å². The third kappa shape index (κ3) is 2.29. The molecule has 1 aromatic heterocycles. The monoisotopic (exact) mass is 285 g/mol. The van der Waals surface area contributed by atoms with Crippen molar-refractivity contribution in [1.29, 1.82) is 0 Å². The molecule has 1 aliphatic rings. The number of hydrogen-bond donors (Lipinski definition) is 1. The van der Waals surface area contributed by atoms with Gasteiger partial charge in [0.1, 0.15) is 5.69 Å². The molecule has 0 unspecified atom stereocenters. The van der Waals surface area contributed by atoms with Gasteiger partial charge in [0, 0.05) is 18.9 Å². The fourth-order valence-corrected chi connectivity index (χ4v) is 2.47. The zero-order valence-electron chi connectivity index (χ0n) is 9.59. The van der Waals surface area contributed by atoms with Gasteiger partial charge in [0.25, 0.3) is 5.91 Å². The highest BCUT2D eigenvalue weighted by Crippen LogP contribution is 2.46. The maximum Gasteiger partial charge on any atom is 0.269 e. The Labute approximate surface area is 104 Å². The minimum Gasteiger partial charge on any atom is -0.350 e. The largest absolute Gasteiger partial charge is 0.350 e. The summed E-state index contributed by atoms with van der Waals surface area (Å²) in [4.78, 5) is 11.9. The Kier molecular flexibility index (Phi) is 3.06. The van der Waals surface area contributed by atoms with E-state index in [1.807, 2.05) is 13.0 Å². The highest BCUT2D eigenvalue weighted by atomic mass is 79.9. The zero-order chi connectivity index (χ0) is 11.8. The van der Waals surface area contributed by atoms with Gasteiger partial charge in [0.2, 0.25) is 0 Å². The van der Waals surface area contributed by atoms with Gasteiger partial charge in [-0.15, -0.1) is 0 Å². The number of carbonyl (C=O) groups excluding carboxylic acids is 1. The quantitative estimate of drug-likeness (QED) is 0.855. The van der Waals surface area contributed by atoms with Crippen molar-refractivity contribution in [2.24, 2.45) is 12.5 Å². The Morgan fingerprint density at radius 2 is 2.38 bits per heavy atom. The molecule has 0 aromatic carbocycles. The Bertz CT molecular complexity index is 409. The van der Waals surface area contributed by atoms with Gasteiger partial charge in [0.05, 0.1) is 5.69 Å². The van der Waals surface area contributed by atoms with Crippen molar-refractivity contribution < 1.29 is 4.79 Å². The fourth-order valence-electron chi connectivity index (χ4n) is 1.72. The highest BCUT2D eigenvalue weighted by Gasteiger charge is 2.41. The molecule has 0 bridgehead atoms. The van der Waals surface area contributed by atoms with E-state index in [9.17, 15) is 4.79 Å². The number of hydrogen-bond acceptors (Lipinski definition) is 2. The van der Waals surface area contributed by atoms with Gasteiger partial charge in [-0.3, -0.25) is 9.48 Å². The van der Waals surface area contributed by atoms with Gasteiger partial charge in [-0.2, -0.15) is 5.10 Å². The average Bonchev–Trinajstić information content (AvgIpc) is 2.96. The predicted octanol–water partition coefficient (Wildman–Crippen LogP) is 1.63. The first-order valence-electron chi connectivity index (χ1n) is 5.41. The first kappa shape index (κ1) is 11.6. The number of aryl methyl sites for hydroxylation is 2. The molecule has 1 aliphatic carbocycles. The van der Waals surface area contributed by atoms with Crippen LogP contribution in [-0.4, -0.2) is 27.6 Å². The van der Waals surface area contributed by atoms with E-state index in [1.165, 1.54) is 12.8 Å². The first-order valence-corrected chi connectivity index (χ1v) is 6.53. The average molecular weight is 286 g/mol. The van der Waals surface area contributed by atoms with E-state index in [-0.39, 0.29) is 5.91 Å². The topological polar surface area (TPSA) is 46.9 Å². The Morgan fingerprint density at radius 3 is 2.81 bits per heavy atom. The summed E-state index contributed by atoms with van der Waals surface area (Å²) in [5.41, 5.74) is 1.81. The number of amides is 1. The molecule has 0 spiro atoms. The van der Waals surface area contributed by atoms with Crippen molar-refractivity contribution in [1.82, 2.24) is 15.1 Å². The molecule has 1 fully saturated rings. The number of halogens is 1. The third-order valence-electron chi connectivity index (χ3n) is 3.10.